The van der Waals surface area contributed by atoms with Crippen LogP contribution in [0.25, 0.3) is 20.4 Å². The van der Waals surface area contributed by atoms with Crippen LogP contribution in [-0.2, 0) is 18.4 Å². The van der Waals surface area contributed by atoms with Gasteiger partial charge in [0.25, 0.3) is 5.56 Å². The summed E-state index contributed by atoms with van der Waals surface area (Å²) in [5, 5.41) is 0.653. The first-order chi connectivity index (χ1) is 13.0. The number of hydrogen-bond acceptors (Lipinski definition) is 5. The molecule has 0 aliphatic carbocycles. The molecule has 0 aliphatic heterocycles. The van der Waals surface area contributed by atoms with Gasteiger partial charge in [-0.15, -0.1) is 11.3 Å². The zero-order valence-corrected chi connectivity index (χ0v) is 16.9. The van der Waals surface area contributed by atoms with Gasteiger partial charge in [-0.25, -0.2) is 4.98 Å². The molecule has 6 nitrogen and oxygen atoms in total. The van der Waals surface area contributed by atoms with E-state index in [0.717, 1.165) is 25.5 Å². The Morgan fingerprint density at radius 2 is 2.00 bits per heavy atom. The molecule has 0 saturated heterocycles. The van der Waals surface area contributed by atoms with E-state index >= 15 is 0 Å². The molecule has 8 heteroatoms. The SMILES string of the molecule is Cc1sc2ncn(CCC(=O)N=c3sc4ccccc4n3C)c(=O)c2c1C. The van der Waals surface area contributed by atoms with Crippen molar-refractivity contribution in [3.63, 3.8) is 0 Å². The first-order valence-corrected chi connectivity index (χ1v) is 10.2. The van der Waals surface area contributed by atoms with Crippen molar-refractivity contribution in [2.75, 3.05) is 0 Å². The van der Waals surface area contributed by atoms with E-state index in [1.54, 1.807) is 0 Å². The van der Waals surface area contributed by atoms with Crippen LogP contribution in [0.5, 0.6) is 0 Å². The number of carbonyl (C=O) groups is 1. The molecule has 27 heavy (non-hydrogen) atoms. The molecule has 4 rings (SSSR count). The fourth-order valence-corrected chi connectivity index (χ4v) is 5.02. The lowest BCUT2D eigenvalue weighted by Crippen LogP contribution is -2.22. The lowest BCUT2D eigenvalue weighted by Gasteiger charge is -2.03. The van der Waals surface area contributed by atoms with Crippen molar-refractivity contribution in [2.24, 2.45) is 12.0 Å². The maximum atomic E-state index is 12.7. The Morgan fingerprint density at radius 1 is 1.22 bits per heavy atom. The third-order valence-corrected chi connectivity index (χ3v) is 6.89. The Hall–Kier alpha value is -2.58. The van der Waals surface area contributed by atoms with Gasteiger partial charge in [-0.05, 0) is 31.5 Å². The fourth-order valence-electron chi connectivity index (χ4n) is 3.00. The number of hydrogen-bond donors (Lipinski definition) is 0. The maximum Gasteiger partial charge on any atom is 0.262 e. The second-order valence-electron chi connectivity index (χ2n) is 6.37. The Labute approximate surface area is 163 Å². The Balaban J connectivity index is 1.60. The highest BCUT2D eigenvalue weighted by atomic mass is 32.1. The van der Waals surface area contributed by atoms with E-state index in [1.807, 2.05) is 49.7 Å². The fraction of sp³-hybridized carbons (Fsp3) is 0.263. The van der Waals surface area contributed by atoms with Crippen LogP contribution in [-0.4, -0.2) is 20.0 Å². The van der Waals surface area contributed by atoms with Crippen molar-refractivity contribution in [3.8, 4) is 0 Å². The normalized spacial score (nSPS) is 12.3. The summed E-state index contributed by atoms with van der Waals surface area (Å²) in [6.07, 6.45) is 1.68. The summed E-state index contributed by atoms with van der Waals surface area (Å²) in [5.74, 6) is -0.248. The monoisotopic (exact) mass is 398 g/mol. The summed E-state index contributed by atoms with van der Waals surface area (Å²) in [7, 11) is 1.90. The number of aryl methyl sites for hydroxylation is 4. The van der Waals surface area contributed by atoms with Gasteiger partial charge < -0.3 is 4.57 Å². The summed E-state index contributed by atoms with van der Waals surface area (Å²) in [5.41, 5.74) is 1.92. The zero-order chi connectivity index (χ0) is 19.1. The predicted molar refractivity (Wildman–Crippen MR) is 109 cm³/mol. The van der Waals surface area contributed by atoms with Crippen molar-refractivity contribution in [3.05, 3.63) is 56.2 Å². The van der Waals surface area contributed by atoms with Crippen molar-refractivity contribution in [1.29, 1.82) is 0 Å². The van der Waals surface area contributed by atoms with Gasteiger partial charge in [-0.1, -0.05) is 23.5 Å². The van der Waals surface area contributed by atoms with Gasteiger partial charge in [0.15, 0.2) is 4.80 Å². The smallest absolute Gasteiger partial charge is 0.262 e. The van der Waals surface area contributed by atoms with E-state index in [2.05, 4.69) is 9.98 Å². The number of thiophene rings is 1. The molecule has 0 aliphatic rings. The average Bonchev–Trinajstić information content (AvgIpc) is 3.12. The van der Waals surface area contributed by atoms with Crippen LogP contribution in [0.15, 0.2) is 40.4 Å². The standard InChI is InChI=1S/C19H18N4O2S2/c1-11-12(2)26-17-16(11)18(25)23(10-20-17)9-8-15(24)21-19-22(3)13-6-4-5-7-14(13)27-19/h4-7,10H,8-9H2,1-3H3. The molecule has 4 aromatic rings. The number of aromatic nitrogens is 3. The molecule has 1 amide bonds. The summed E-state index contributed by atoms with van der Waals surface area (Å²) < 4.78 is 4.50. The molecule has 0 unspecified atom stereocenters. The van der Waals surface area contributed by atoms with Crippen molar-refractivity contribution < 1.29 is 4.79 Å². The molecular weight excluding hydrogens is 380 g/mol. The highest BCUT2D eigenvalue weighted by Crippen LogP contribution is 2.25. The molecule has 3 aromatic heterocycles. The van der Waals surface area contributed by atoms with Crippen LogP contribution >= 0.6 is 22.7 Å². The first-order valence-electron chi connectivity index (χ1n) is 8.53. The Bertz CT molecular complexity index is 1310. The molecule has 0 spiro atoms. The number of rotatable bonds is 3. The number of fused-ring (bicyclic) bond motifs is 2. The van der Waals surface area contributed by atoms with E-state index in [4.69, 9.17) is 0 Å². The molecule has 0 fully saturated rings. The minimum atomic E-state index is -0.248. The van der Waals surface area contributed by atoms with Crippen LogP contribution in [0.4, 0.5) is 0 Å². The van der Waals surface area contributed by atoms with Gasteiger partial charge in [0.2, 0.25) is 5.91 Å². The number of thiazole rings is 1. The van der Waals surface area contributed by atoms with Crippen molar-refractivity contribution in [1.82, 2.24) is 14.1 Å². The molecule has 138 valence electrons. The molecule has 0 N–H and O–H groups in total. The van der Waals surface area contributed by atoms with E-state index < -0.39 is 0 Å². The van der Waals surface area contributed by atoms with E-state index in [-0.39, 0.29) is 24.4 Å². The van der Waals surface area contributed by atoms with Gasteiger partial charge in [0.05, 0.1) is 21.9 Å². The first kappa shape index (κ1) is 17.8. The molecular formula is C19H18N4O2S2. The van der Waals surface area contributed by atoms with Gasteiger partial charge in [0.1, 0.15) is 4.83 Å². The van der Waals surface area contributed by atoms with E-state index in [0.29, 0.717) is 10.2 Å². The summed E-state index contributed by atoms with van der Waals surface area (Å²) in [6.45, 7) is 4.19. The Morgan fingerprint density at radius 3 is 2.78 bits per heavy atom. The second kappa shape index (κ2) is 6.86. The molecule has 0 radical (unpaired) electrons. The van der Waals surface area contributed by atoms with Gasteiger partial charge in [0, 0.05) is 24.9 Å². The summed E-state index contributed by atoms with van der Waals surface area (Å²) in [4.78, 5) is 36.1. The summed E-state index contributed by atoms with van der Waals surface area (Å²) >= 11 is 3.00. The second-order valence-corrected chi connectivity index (χ2v) is 8.59. The minimum absolute atomic E-state index is 0.0953. The molecule has 0 bridgehead atoms. The molecule has 3 heterocycles. The van der Waals surface area contributed by atoms with Crippen LogP contribution < -0.4 is 10.4 Å². The third-order valence-electron chi connectivity index (χ3n) is 4.66. The molecule has 0 saturated carbocycles. The average molecular weight is 399 g/mol. The van der Waals surface area contributed by atoms with Crippen LogP contribution in [0.3, 0.4) is 0 Å². The molecule has 0 atom stereocenters. The van der Waals surface area contributed by atoms with Gasteiger partial charge >= 0.3 is 0 Å². The Kier molecular flexibility index (Phi) is 4.53. The topological polar surface area (TPSA) is 69.2 Å². The van der Waals surface area contributed by atoms with Crippen molar-refractivity contribution in [2.45, 2.75) is 26.8 Å². The number of carbonyl (C=O) groups excluding carboxylic acids is 1. The highest BCUT2D eigenvalue weighted by Gasteiger charge is 2.13. The quantitative estimate of drug-likeness (QED) is 0.532. The number of benzene rings is 1. The highest BCUT2D eigenvalue weighted by molar-refractivity contribution is 7.18. The number of nitrogens with zero attached hydrogens (tertiary/aromatic N) is 4. The largest absolute Gasteiger partial charge is 0.319 e. The third kappa shape index (κ3) is 3.15. The van der Waals surface area contributed by atoms with Gasteiger partial charge in [-0.2, -0.15) is 4.99 Å². The zero-order valence-electron chi connectivity index (χ0n) is 15.2. The maximum absolute atomic E-state index is 12.7. The van der Waals surface area contributed by atoms with E-state index in [1.165, 1.54) is 33.6 Å². The predicted octanol–water partition coefficient (Wildman–Crippen LogP) is 3.15. The van der Waals surface area contributed by atoms with Crippen LogP contribution in [0, 0.1) is 13.8 Å². The number of para-hydroxylation sites is 1. The minimum Gasteiger partial charge on any atom is -0.319 e. The van der Waals surface area contributed by atoms with Crippen LogP contribution in [0.1, 0.15) is 16.9 Å². The van der Waals surface area contributed by atoms with Crippen LogP contribution in [0.2, 0.25) is 0 Å². The van der Waals surface area contributed by atoms with Crippen molar-refractivity contribution >= 4 is 49.0 Å². The molecule has 1 aromatic carbocycles. The van der Waals surface area contributed by atoms with E-state index in [9.17, 15) is 9.59 Å². The lowest BCUT2D eigenvalue weighted by atomic mass is 10.2. The summed E-state index contributed by atoms with van der Waals surface area (Å²) in [6, 6.07) is 7.94. The number of amides is 1. The van der Waals surface area contributed by atoms with Gasteiger partial charge in [-0.3, -0.25) is 14.2 Å². The lowest BCUT2D eigenvalue weighted by molar-refractivity contribution is -0.118.